The first-order valence-corrected chi connectivity index (χ1v) is 7.59. The molecule has 0 aliphatic carbocycles. The van der Waals surface area contributed by atoms with Crippen LogP contribution in [0, 0.1) is 0 Å². The highest BCUT2D eigenvalue weighted by Gasteiger charge is 2.37. The third-order valence-electron chi connectivity index (χ3n) is 4.69. The molecule has 18 heavy (non-hydrogen) atoms. The molecule has 3 atom stereocenters. The van der Waals surface area contributed by atoms with Gasteiger partial charge in [-0.25, -0.2) is 0 Å². The fourth-order valence-electron chi connectivity index (χ4n) is 2.98. The van der Waals surface area contributed by atoms with E-state index < -0.39 is 0 Å². The SMILES string of the molecule is CCCCCCC(C)(CN)N(C)C1CCOC1C. The first-order chi connectivity index (χ1) is 8.55. The van der Waals surface area contributed by atoms with E-state index in [4.69, 9.17) is 10.5 Å². The molecule has 0 aromatic carbocycles. The lowest BCUT2D eigenvalue weighted by molar-refractivity contribution is 0.0311. The number of ether oxygens (including phenoxy) is 1. The molecule has 0 aromatic rings. The highest BCUT2D eigenvalue weighted by atomic mass is 16.5. The summed E-state index contributed by atoms with van der Waals surface area (Å²) in [5.74, 6) is 0. The van der Waals surface area contributed by atoms with Crippen molar-refractivity contribution in [3.8, 4) is 0 Å². The fraction of sp³-hybridized carbons (Fsp3) is 1.00. The van der Waals surface area contributed by atoms with Gasteiger partial charge in [0.15, 0.2) is 0 Å². The molecular formula is C15H32N2O. The van der Waals surface area contributed by atoms with Gasteiger partial charge in [-0.1, -0.05) is 32.6 Å². The van der Waals surface area contributed by atoms with Crippen molar-refractivity contribution in [1.82, 2.24) is 4.90 Å². The van der Waals surface area contributed by atoms with Crippen molar-refractivity contribution < 1.29 is 4.74 Å². The van der Waals surface area contributed by atoms with Crippen molar-refractivity contribution in [2.45, 2.75) is 77.0 Å². The quantitative estimate of drug-likeness (QED) is 0.679. The fourth-order valence-corrected chi connectivity index (χ4v) is 2.98. The third-order valence-corrected chi connectivity index (χ3v) is 4.69. The van der Waals surface area contributed by atoms with Gasteiger partial charge in [-0.05, 0) is 33.7 Å². The Hall–Kier alpha value is -0.120. The maximum absolute atomic E-state index is 6.05. The van der Waals surface area contributed by atoms with Crippen molar-refractivity contribution >= 4 is 0 Å². The molecule has 3 heteroatoms. The van der Waals surface area contributed by atoms with E-state index in [1.807, 2.05) is 0 Å². The van der Waals surface area contributed by atoms with E-state index in [1.54, 1.807) is 0 Å². The predicted molar refractivity (Wildman–Crippen MR) is 77.8 cm³/mol. The summed E-state index contributed by atoms with van der Waals surface area (Å²) in [4.78, 5) is 2.48. The van der Waals surface area contributed by atoms with Crippen molar-refractivity contribution in [2.24, 2.45) is 5.73 Å². The highest BCUT2D eigenvalue weighted by Crippen LogP contribution is 2.28. The molecule has 1 aliphatic rings. The van der Waals surface area contributed by atoms with Crippen molar-refractivity contribution in [2.75, 3.05) is 20.2 Å². The molecule has 2 N–H and O–H groups in total. The lowest BCUT2D eigenvalue weighted by Crippen LogP contribution is -2.55. The Labute approximate surface area is 113 Å². The molecule has 0 bridgehead atoms. The van der Waals surface area contributed by atoms with Gasteiger partial charge in [0.25, 0.3) is 0 Å². The van der Waals surface area contributed by atoms with E-state index in [-0.39, 0.29) is 5.54 Å². The number of nitrogens with two attached hydrogens (primary N) is 1. The minimum Gasteiger partial charge on any atom is -0.377 e. The zero-order valence-corrected chi connectivity index (χ0v) is 12.7. The van der Waals surface area contributed by atoms with Crippen LogP contribution in [0.3, 0.4) is 0 Å². The van der Waals surface area contributed by atoms with Crippen LogP contribution < -0.4 is 5.73 Å². The summed E-state index contributed by atoms with van der Waals surface area (Å²) in [7, 11) is 2.22. The number of likely N-dealkylation sites (N-methyl/N-ethyl adjacent to an activating group) is 1. The maximum Gasteiger partial charge on any atom is 0.0703 e. The summed E-state index contributed by atoms with van der Waals surface area (Å²) in [6, 6.07) is 0.532. The van der Waals surface area contributed by atoms with E-state index >= 15 is 0 Å². The Morgan fingerprint density at radius 3 is 2.56 bits per heavy atom. The zero-order valence-electron chi connectivity index (χ0n) is 12.7. The van der Waals surface area contributed by atoms with Gasteiger partial charge in [0.2, 0.25) is 0 Å². The first-order valence-electron chi connectivity index (χ1n) is 7.59. The number of hydrogen-bond acceptors (Lipinski definition) is 3. The minimum atomic E-state index is 0.125. The van der Waals surface area contributed by atoms with Gasteiger partial charge >= 0.3 is 0 Å². The summed E-state index contributed by atoms with van der Waals surface area (Å²) in [6.07, 6.45) is 7.93. The van der Waals surface area contributed by atoms with Crippen LogP contribution >= 0.6 is 0 Å². The minimum absolute atomic E-state index is 0.125. The van der Waals surface area contributed by atoms with Gasteiger partial charge in [-0.3, -0.25) is 4.90 Å². The van der Waals surface area contributed by atoms with Crippen LogP contribution in [0.25, 0.3) is 0 Å². The molecular weight excluding hydrogens is 224 g/mol. The smallest absolute Gasteiger partial charge is 0.0703 e. The van der Waals surface area contributed by atoms with E-state index in [1.165, 1.54) is 32.1 Å². The highest BCUT2D eigenvalue weighted by molar-refractivity contribution is 4.93. The average Bonchev–Trinajstić information content (AvgIpc) is 2.79. The van der Waals surface area contributed by atoms with Gasteiger partial charge in [0.05, 0.1) is 6.10 Å². The van der Waals surface area contributed by atoms with Crippen LogP contribution in [-0.4, -0.2) is 42.8 Å². The second-order valence-electron chi connectivity index (χ2n) is 6.05. The molecule has 1 saturated heterocycles. The summed E-state index contributed by atoms with van der Waals surface area (Å²) < 4.78 is 5.69. The van der Waals surface area contributed by atoms with Crippen molar-refractivity contribution in [3.63, 3.8) is 0 Å². The van der Waals surface area contributed by atoms with Crippen LogP contribution in [0.1, 0.15) is 59.3 Å². The largest absolute Gasteiger partial charge is 0.377 e. The van der Waals surface area contributed by atoms with Crippen LogP contribution in [0.4, 0.5) is 0 Å². The Balaban J connectivity index is 2.50. The van der Waals surface area contributed by atoms with Crippen LogP contribution in [0.15, 0.2) is 0 Å². The Morgan fingerprint density at radius 1 is 1.33 bits per heavy atom. The van der Waals surface area contributed by atoms with Gasteiger partial charge < -0.3 is 10.5 Å². The summed E-state index contributed by atoms with van der Waals surface area (Å²) in [6.45, 7) is 8.38. The normalized spacial score (nSPS) is 27.7. The number of nitrogens with zero attached hydrogens (tertiary/aromatic N) is 1. The van der Waals surface area contributed by atoms with E-state index in [9.17, 15) is 0 Å². The van der Waals surface area contributed by atoms with E-state index in [0.29, 0.717) is 12.1 Å². The number of rotatable bonds is 8. The Bertz CT molecular complexity index is 235. The molecule has 1 rings (SSSR count). The van der Waals surface area contributed by atoms with E-state index in [2.05, 4.69) is 32.7 Å². The first kappa shape index (κ1) is 15.9. The predicted octanol–water partition coefficient (Wildman–Crippen LogP) is 2.78. The van der Waals surface area contributed by atoms with Crippen molar-refractivity contribution in [3.05, 3.63) is 0 Å². The summed E-state index contributed by atoms with van der Waals surface area (Å²) in [5.41, 5.74) is 6.18. The number of unbranched alkanes of at least 4 members (excludes halogenated alkanes) is 3. The molecule has 0 radical (unpaired) electrons. The molecule has 0 spiro atoms. The van der Waals surface area contributed by atoms with E-state index in [0.717, 1.165) is 19.6 Å². The van der Waals surface area contributed by atoms with Gasteiger partial charge in [-0.15, -0.1) is 0 Å². The molecule has 0 saturated carbocycles. The summed E-state index contributed by atoms with van der Waals surface area (Å²) >= 11 is 0. The van der Waals surface area contributed by atoms with Crippen molar-refractivity contribution in [1.29, 1.82) is 0 Å². The molecule has 0 amide bonds. The second kappa shape index (κ2) is 7.46. The maximum atomic E-state index is 6.05. The molecule has 3 unspecified atom stereocenters. The van der Waals surface area contributed by atoms with Gasteiger partial charge in [-0.2, -0.15) is 0 Å². The monoisotopic (exact) mass is 256 g/mol. The molecule has 3 nitrogen and oxygen atoms in total. The molecule has 1 fully saturated rings. The van der Waals surface area contributed by atoms with Gasteiger partial charge in [0, 0.05) is 24.7 Å². The van der Waals surface area contributed by atoms with Crippen LogP contribution in [0.5, 0.6) is 0 Å². The lowest BCUT2D eigenvalue weighted by atomic mass is 9.90. The number of hydrogen-bond donors (Lipinski definition) is 1. The van der Waals surface area contributed by atoms with Crippen LogP contribution in [0.2, 0.25) is 0 Å². The molecule has 1 aliphatic heterocycles. The summed E-state index contributed by atoms with van der Waals surface area (Å²) in [5, 5.41) is 0. The lowest BCUT2D eigenvalue weighted by Gasteiger charge is -2.43. The standard InChI is InChI=1S/C15H32N2O/c1-5-6-7-8-10-15(3,12-16)17(4)14-9-11-18-13(14)2/h13-14H,5-12,16H2,1-4H3. The Morgan fingerprint density at radius 2 is 2.06 bits per heavy atom. The topological polar surface area (TPSA) is 38.5 Å². The van der Waals surface area contributed by atoms with Crippen LogP contribution in [-0.2, 0) is 4.74 Å². The molecule has 1 heterocycles. The second-order valence-corrected chi connectivity index (χ2v) is 6.05. The third kappa shape index (κ3) is 3.94. The average molecular weight is 256 g/mol. The Kier molecular flexibility index (Phi) is 6.61. The molecule has 108 valence electrons. The zero-order chi connectivity index (χ0) is 13.6. The van der Waals surface area contributed by atoms with Gasteiger partial charge in [0.1, 0.15) is 0 Å². The molecule has 0 aromatic heterocycles.